The fraction of sp³-hybridized carbons (Fsp3) is 0.300. The maximum atomic E-state index is 11.8. The van der Waals surface area contributed by atoms with E-state index in [2.05, 4.69) is 0 Å². The van der Waals surface area contributed by atoms with Crippen molar-refractivity contribution in [1.29, 1.82) is 0 Å². The minimum absolute atomic E-state index is 0.0939. The number of allylic oxidation sites excluding steroid dienone is 3. The van der Waals surface area contributed by atoms with Gasteiger partial charge in [-0.1, -0.05) is 36.1 Å². The van der Waals surface area contributed by atoms with Crippen LogP contribution < -0.4 is 0 Å². The van der Waals surface area contributed by atoms with Gasteiger partial charge in [-0.25, -0.2) is 0 Å². The maximum absolute atomic E-state index is 11.8. The highest BCUT2D eigenvalue weighted by atomic mass is 32.2. The predicted molar refractivity (Wildman–Crippen MR) is 67.1 cm³/mol. The number of carboxylic acid groups (broad SMARTS) is 1. The summed E-state index contributed by atoms with van der Waals surface area (Å²) in [7, 11) is 0. The summed E-state index contributed by atoms with van der Waals surface area (Å²) in [5, 5.41) is 8.54. The second-order valence-electron chi connectivity index (χ2n) is 3.03. The monoisotopic (exact) mass is 257 g/mol. The van der Waals surface area contributed by atoms with Gasteiger partial charge in [0.2, 0.25) is 0 Å². The highest BCUT2D eigenvalue weighted by molar-refractivity contribution is 8.26. The van der Waals surface area contributed by atoms with E-state index in [4.69, 9.17) is 17.3 Å². The normalized spacial score (nSPS) is 19.1. The van der Waals surface area contributed by atoms with E-state index in [-0.39, 0.29) is 18.9 Å². The largest absolute Gasteiger partial charge is 0.481 e. The first kappa shape index (κ1) is 12.9. The molecular formula is C10H11NO3S2. The second kappa shape index (κ2) is 5.81. The summed E-state index contributed by atoms with van der Waals surface area (Å²) in [6.07, 6.45) is 5.15. The highest BCUT2D eigenvalue weighted by Crippen LogP contribution is 2.30. The van der Waals surface area contributed by atoms with Crippen molar-refractivity contribution in [2.45, 2.75) is 13.3 Å². The van der Waals surface area contributed by atoms with Crippen molar-refractivity contribution in [2.75, 3.05) is 6.54 Å². The SMILES string of the molecule is C/C=C\C=C1\SC(=S)N(CCC(=O)O)C1=O. The number of carboxylic acids is 1. The standard InChI is InChI=1S/C10H11NO3S2/c1-2-3-4-7-9(14)11(10(15)16-7)6-5-8(12)13/h2-4H,5-6H2,1H3,(H,12,13)/b3-2-,7-4+. The second-order valence-corrected chi connectivity index (χ2v) is 4.70. The van der Waals surface area contributed by atoms with Crippen LogP contribution in [0.5, 0.6) is 0 Å². The Hall–Kier alpha value is -1.14. The van der Waals surface area contributed by atoms with Crippen LogP contribution in [0, 0.1) is 0 Å². The molecule has 1 aliphatic heterocycles. The van der Waals surface area contributed by atoms with Crippen LogP contribution in [-0.2, 0) is 9.59 Å². The number of nitrogens with zero attached hydrogens (tertiary/aromatic N) is 1. The molecule has 4 nitrogen and oxygen atoms in total. The van der Waals surface area contributed by atoms with Crippen molar-refractivity contribution in [3.8, 4) is 0 Å². The molecule has 1 rings (SSSR count). The summed E-state index contributed by atoms with van der Waals surface area (Å²) in [5.41, 5.74) is 0. The number of rotatable bonds is 4. The Morgan fingerprint density at radius 1 is 1.62 bits per heavy atom. The lowest BCUT2D eigenvalue weighted by Gasteiger charge is -2.12. The van der Waals surface area contributed by atoms with Gasteiger partial charge in [-0.05, 0) is 13.0 Å². The van der Waals surface area contributed by atoms with Gasteiger partial charge in [-0.3, -0.25) is 14.5 Å². The fourth-order valence-electron chi connectivity index (χ4n) is 1.10. The van der Waals surface area contributed by atoms with Gasteiger partial charge in [0.15, 0.2) is 0 Å². The third-order valence-electron chi connectivity index (χ3n) is 1.86. The summed E-state index contributed by atoms with van der Waals surface area (Å²) in [6, 6.07) is 0. The maximum Gasteiger partial charge on any atom is 0.305 e. The van der Waals surface area contributed by atoms with Crippen LogP contribution >= 0.6 is 24.0 Å². The molecule has 0 aromatic carbocycles. The van der Waals surface area contributed by atoms with Gasteiger partial charge in [-0.2, -0.15) is 0 Å². The van der Waals surface area contributed by atoms with Crippen molar-refractivity contribution < 1.29 is 14.7 Å². The van der Waals surface area contributed by atoms with Gasteiger partial charge in [0.05, 0.1) is 11.3 Å². The van der Waals surface area contributed by atoms with E-state index in [0.29, 0.717) is 9.23 Å². The van der Waals surface area contributed by atoms with Gasteiger partial charge in [-0.15, -0.1) is 0 Å². The summed E-state index contributed by atoms with van der Waals surface area (Å²) in [6.45, 7) is 1.98. The van der Waals surface area contributed by atoms with Crippen molar-refractivity contribution in [3.63, 3.8) is 0 Å². The molecule has 1 amide bonds. The summed E-state index contributed by atoms with van der Waals surface area (Å²) in [5.74, 6) is -1.15. The van der Waals surface area contributed by atoms with Crippen LogP contribution in [0.2, 0.25) is 0 Å². The van der Waals surface area contributed by atoms with Crippen LogP contribution in [0.1, 0.15) is 13.3 Å². The van der Waals surface area contributed by atoms with E-state index in [0.717, 1.165) is 0 Å². The van der Waals surface area contributed by atoms with Gasteiger partial charge >= 0.3 is 5.97 Å². The molecule has 0 saturated carbocycles. The Balaban J connectivity index is 2.71. The van der Waals surface area contributed by atoms with E-state index in [1.807, 2.05) is 13.0 Å². The lowest BCUT2D eigenvalue weighted by Crippen LogP contribution is -2.30. The lowest BCUT2D eigenvalue weighted by molar-refractivity contribution is -0.137. The quantitative estimate of drug-likeness (QED) is 0.614. The molecule has 6 heteroatoms. The molecule has 0 atom stereocenters. The molecule has 1 heterocycles. The first-order valence-electron chi connectivity index (χ1n) is 4.64. The molecule has 0 spiro atoms. The number of carbonyl (C=O) groups excluding carboxylic acids is 1. The zero-order valence-corrected chi connectivity index (χ0v) is 10.3. The van der Waals surface area contributed by atoms with E-state index < -0.39 is 5.97 Å². The fourth-order valence-corrected chi connectivity index (χ4v) is 2.36. The van der Waals surface area contributed by atoms with E-state index in [9.17, 15) is 9.59 Å². The minimum atomic E-state index is -0.938. The average molecular weight is 257 g/mol. The molecule has 0 radical (unpaired) electrons. The van der Waals surface area contributed by atoms with Gasteiger partial charge in [0.25, 0.3) is 5.91 Å². The third kappa shape index (κ3) is 3.18. The first-order chi connectivity index (χ1) is 7.56. The molecule has 16 heavy (non-hydrogen) atoms. The predicted octanol–water partition coefficient (Wildman–Crippen LogP) is 1.78. The summed E-state index contributed by atoms with van der Waals surface area (Å²) < 4.78 is 0.419. The molecule has 0 aromatic rings. The number of hydrogen-bond acceptors (Lipinski definition) is 4. The molecule has 1 saturated heterocycles. The zero-order chi connectivity index (χ0) is 12.1. The number of hydrogen-bond donors (Lipinski definition) is 1. The van der Waals surface area contributed by atoms with Crippen molar-refractivity contribution in [1.82, 2.24) is 4.90 Å². The first-order valence-corrected chi connectivity index (χ1v) is 5.87. The van der Waals surface area contributed by atoms with E-state index in [1.54, 1.807) is 12.2 Å². The lowest BCUT2D eigenvalue weighted by atomic mass is 10.3. The summed E-state index contributed by atoms with van der Waals surface area (Å²) >= 11 is 6.21. The van der Waals surface area contributed by atoms with Crippen molar-refractivity contribution in [2.24, 2.45) is 0 Å². The smallest absolute Gasteiger partial charge is 0.305 e. The Labute approximate surface area is 103 Å². The van der Waals surface area contributed by atoms with E-state index in [1.165, 1.54) is 16.7 Å². The number of aliphatic carboxylic acids is 1. The number of carbonyl (C=O) groups is 2. The van der Waals surface area contributed by atoms with Crippen molar-refractivity contribution >= 4 is 40.2 Å². The Morgan fingerprint density at radius 3 is 2.88 bits per heavy atom. The highest BCUT2D eigenvalue weighted by Gasteiger charge is 2.31. The number of amides is 1. The Morgan fingerprint density at radius 2 is 2.31 bits per heavy atom. The molecule has 1 fully saturated rings. The molecule has 0 aliphatic carbocycles. The summed E-state index contributed by atoms with van der Waals surface area (Å²) in [4.78, 5) is 24.0. The zero-order valence-electron chi connectivity index (χ0n) is 8.67. The number of thioether (sulfide) groups is 1. The number of thiocarbonyl (C=S) groups is 1. The van der Waals surface area contributed by atoms with Crippen LogP contribution in [0.15, 0.2) is 23.1 Å². The third-order valence-corrected chi connectivity index (χ3v) is 3.26. The average Bonchev–Trinajstić information content (AvgIpc) is 2.48. The van der Waals surface area contributed by atoms with Crippen LogP contribution in [-0.4, -0.2) is 32.7 Å². The van der Waals surface area contributed by atoms with Gasteiger partial charge < -0.3 is 5.11 Å². The van der Waals surface area contributed by atoms with Crippen molar-refractivity contribution in [3.05, 3.63) is 23.1 Å². The van der Waals surface area contributed by atoms with E-state index >= 15 is 0 Å². The molecule has 0 aromatic heterocycles. The molecular weight excluding hydrogens is 246 g/mol. The van der Waals surface area contributed by atoms with Gasteiger partial charge in [0, 0.05) is 6.54 Å². The van der Waals surface area contributed by atoms with Crippen LogP contribution in [0.25, 0.3) is 0 Å². The molecule has 0 unspecified atom stereocenters. The van der Waals surface area contributed by atoms with Crippen LogP contribution in [0.4, 0.5) is 0 Å². The topological polar surface area (TPSA) is 57.6 Å². The molecule has 1 aliphatic rings. The molecule has 86 valence electrons. The molecule has 1 N–H and O–H groups in total. The van der Waals surface area contributed by atoms with Gasteiger partial charge in [0.1, 0.15) is 4.32 Å². The Bertz CT molecular complexity index is 388. The van der Waals surface area contributed by atoms with Crippen LogP contribution in [0.3, 0.4) is 0 Å². The minimum Gasteiger partial charge on any atom is -0.481 e. The molecule has 0 bridgehead atoms. The Kier molecular flexibility index (Phi) is 4.70.